The number of nitrogens with one attached hydrogen (secondary N) is 3. The predicted octanol–water partition coefficient (Wildman–Crippen LogP) is 2.83. The number of aryl methyl sites for hydroxylation is 1. The molecule has 5 aliphatic heterocycles. The fraction of sp³-hybridized carbons (Fsp3) is 0.517. The summed E-state index contributed by atoms with van der Waals surface area (Å²) in [6.07, 6.45) is 10.9. The lowest BCUT2D eigenvalue weighted by Crippen LogP contribution is -2.62. The van der Waals surface area contributed by atoms with Crippen molar-refractivity contribution < 1.29 is 9.53 Å². The number of nitriles is 1. The van der Waals surface area contributed by atoms with E-state index in [2.05, 4.69) is 57.2 Å². The molecule has 0 radical (unpaired) electrons. The van der Waals surface area contributed by atoms with Crippen molar-refractivity contribution in [1.82, 2.24) is 26.0 Å². The van der Waals surface area contributed by atoms with E-state index < -0.39 is 5.66 Å². The Hall–Kier alpha value is -3.48. The molecule has 3 N–H and O–H groups in total. The zero-order valence-electron chi connectivity index (χ0n) is 22.3. The van der Waals surface area contributed by atoms with E-state index in [0.29, 0.717) is 24.7 Å². The van der Waals surface area contributed by atoms with Crippen LogP contribution in [0.25, 0.3) is 5.70 Å². The average molecular weight is 516 g/mol. The topological polar surface area (TPSA) is 95.9 Å². The minimum Gasteiger partial charge on any atom is -0.381 e. The van der Waals surface area contributed by atoms with Crippen molar-refractivity contribution in [1.29, 1.82) is 5.26 Å². The number of nitrogens with zero attached hydrogens (tertiary/aromatic N) is 4. The molecule has 1 fully saturated rings. The number of anilines is 1. The van der Waals surface area contributed by atoms with Gasteiger partial charge in [0.25, 0.3) is 0 Å². The molecule has 1 aromatic carbocycles. The number of urea groups is 1. The third-order valence-corrected chi connectivity index (χ3v) is 8.69. The summed E-state index contributed by atoms with van der Waals surface area (Å²) in [5.41, 5.74) is 11.0. The van der Waals surface area contributed by atoms with Gasteiger partial charge in [0.2, 0.25) is 0 Å². The molecular formula is C29H37N7O2. The zero-order valence-corrected chi connectivity index (χ0v) is 22.3. The Morgan fingerprint density at radius 1 is 1.24 bits per heavy atom. The summed E-state index contributed by atoms with van der Waals surface area (Å²) in [6.45, 7) is 6.71. The van der Waals surface area contributed by atoms with E-state index in [9.17, 15) is 10.1 Å². The van der Waals surface area contributed by atoms with Gasteiger partial charge < -0.3 is 30.2 Å². The van der Waals surface area contributed by atoms with Crippen LogP contribution in [0.15, 0.2) is 41.6 Å². The molecule has 6 rings (SSSR count). The highest BCUT2D eigenvalue weighted by molar-refractivity contribution is 5.77. The molecule has 38 heavy (non-hydrogen) atoms. The molecule has 200 valence electrons. The minimum atomic E-state index is -0.505. The van der Waals surface area contributed by atoms with Gasteiger partial charge in [-0.2, -0.15) is 5.26 Å². The molecule has 1 unspecified atom stereocenters. The summed E-state index contributed by atoms with van der Waals surface area (Å²) in [5, 5.41) is 18.8. The monoisotopic (exact) mass is 515 g/mol. The Morgan fingerprint density at radius 3 is 2.82 bits per heavy atom. The van der Waals surface area contributed by atoms with Gasteiger partial charge >= 0.3 is 6.03 Å². The molecule has 1 aromatic rings. The van der Waals surface area contributed by atoms with E-state index in [4.69, 9.17) is 4.74 Å². The molecule has 0 aromatic heterocycles. The quantitative estimate of drug-likeness (QED) is 0.570. The lowest BCUT2D eigenvalue weighted by molar-refractivity contribution is 0.0235. The summed E-state index contributed by atoms with van der Waals surface area (Å²) >= 11 is 0. The summed E-state index contributed by atoms with van der Waals surface area (Å²) in [6, 6.07) is 7.07. The summed E-state index contributed by atoms with van der Waals surface area (Å²) in [7, 11) is 1.70. The van der Waals surface area contributed by atoms with Crippen LogP contribution in [0.1, 0.15) is 49.3 Å². The molecule has 2 amide bonds. The van der Waals surface area contributed by atoms with Gasteiger partial charge in [0.15, 0.2) is 0 Å². The Kier molecular flexibility index (Phi) is 6.54. The van der Waals surface area contributed by atoms with Crippen molar-refractivity contribution in [2.45, 2.75) is 50.7 Å². The van der Waals surface area contributed by atoms with E-state index in [-0.39, 0.29) is 6.03 Å². The number of hydrogen-bond donors (Lipinski definition) is 3. The first kappa shape index (κ1) is 24.8. The maximum absolute atomic E-state index is 12.7. The van der Waals surface area contributed by atoms with E-state index >= 15 is 0 Å². The van der Waals surface area contributed by atoms with Gasteiger partial charge in [-0.3, -0.25) is 0 Å². The molecule has 1 saturated heterocycles. The minimum absolute atomic E-state index is 0.0406. The van der Waals surface area contributed by atoms with Crippen LogP contribution in [0.2, 0.25) is 0 Å². The molecule has 5 heterocycles. The molecule has 9 nitrogen and oxygen atoms in total. The number of benzene rings is 1. The number of allylic oxidation sites excluding steroid dienone is 2. The zero-order chi connectivity index (χ0) is 26.3. The van der Waals surface area contributed by atoms with Crippen LogP contribution in [-0.2, 0) is 11.2 Å². The van der Waals surface area contributed by atoms with Gasteiger partial charge in [0, 0.05) is 87.1 Å². The van der Waals surface area contributed by atoms with Gasteiger partial charge in [-0.05, 0) is 56.4 Å². The highest BCUT2D eigenvalue weighted by Crippen LogP contribution is 2.44. The Labute approximate surface area is 224 Å². The normalized spacial score (nSPS) is 25.4. The SMILES string of the molecule is CNC(=O)N1CCC2=C(C1)C(C)(N1CCCc3cc(C4=CC=CCN4)c(C#N)cc31)NN2C1CCOCC1. The van der Waals surface area contributed by atoms with Gasteiger partial charge in [0.05, 0.1) is 11.6 Å². The third kappa shape index (κ3) is 4.12. The average Bonchev–Trinajstić information content (AvgIpc) is 3.29. The second-order valence-electron chi connectivity index (χ2n) is 10.8. The lowest BCUT2D eigenvalue weighted by Gasteiger charge is -2.47. The number of ether oxygens (including phenoxy) is 1. The van der Waals surface area contributed by atoms with Crippen LogP contribution in [-0.4, -0.2) is 74.1 Å². The maximum Gasteiger partial charge on any atom is 0.317 e. The predicted molar refractivity (Wildman–Crippen MR) is 147 cm³/mol. The van der Waals surface area contributed by atoms with Crippen molar-refractivity contribution in [3.8, 4) is 6.07 Å². The van der Waals surface area contributed by atoms with Crippen LogP contribution < -0.4 is 21.0 Å². The number of amides is 2. The highest BCUT2D eigenvalue weighted by atomic mass is 16.5. The Bertz CT molecular complexity index is 1260. The number of carbonyl (C=O) groups is 1. The fourth-order valence-electron chi connectivity index (χ4n) is 6.69. The Balaban J connectivity index is 1.41. The number of fused-ring (bicyclic) bond motifs is 1. The maximum atomic E-state index is 12.7. The standard InChI is InChI=1S/C29H37N7O2/c1-29(24-19-34(28(37)31-2)13-8-26(24)36(33-29)22-9-14-38-15-10-22)35-12-5-6-20-16-23(21(18-30)17-27(20)35)25-7-3-4-11-32-25/h3-4,7,16-17,22,32-33H,5-6,8-15,19H2,1-2H3,(H,31,37). The number of dihydropyridines is 1. The molecular weight excluding hydrogens is 478 g/mol. The molecule has 0 aliphatic carbocycles. The molecule has 0 spiro atoms. The van der Waals surface area contributed by atoms with Crippen molar-refractivity contribution in [2.75, 3.05) is 51.3 Å². The van der Waals surface area contributed by atoms with Gasteiger partial charge in [0.1, 0.15) is 5.66 Å². The Morgan fingerprint density at radius 2 is 2.08 bits per heavy atom. The van der Waals surface area contributed by atoms with Crippen LogP contribution >= 0.6 is 0 Å². The van der Waals surface area contributed by atoms with E-state index in [1.54, 1.807) is 7.05 Å². The summed E-state index contributed by atoms with van der Waals surface area (Å²) in [4.78, 5) is 17.0. The van der Waals surface area contributed by atoms with Crippen LogP contribution in [0, 0.1) is 11.3 Å². The fourth-order valence-corrected chi connectivity index (χ4v) is 6.69. The number of carbonyl (C=O) groups excluding carboxylic acids is 1. The second kappa shape index (κ2) is 10.0. The third-order valence-electron chi connectivity index (χ3n) is 8.69. The van der Waals surface area contributed by atoms with Crippen molar-refractivity contribution in [3.63, 3.8) is 0 Å². The second-order valence-corrected chi connectivity index (χ2v) is 10.8. The van der Waals surface area contributed by atoms with E-state index in [0.717, 1.165) is 75.4 Å². The smallest absolute Gasteiger partial charge is 0.317 e. The first-order valence-corrected chi connectivity index (χ1v) is 13.8. The molecule has 1 atom stereocenters. The van der Waals surface area contributed by atoms with Crippen LogP contribution in [0.5, 0.6) is 0 Å². The van der Waals surface area contributed by atoms with Crippen molar-refractivity contribution in [2.24, 2.45) is 0 Å². The summed E-state index contributed by atoms with van der Waals surface area (Å²) < 4.78 is 5.67. The molecule has 9 heteroatoms. The lowest BCUT2D eigenvalue weighted by atomic mass is 9.89. The number of hydrogen-bond acceptors (Lipinski definition) is 7. The first-order chi connectivity index (χ1) is 18.5. The number of hydrazine groups is 1. The van der Waals surface area contributed by atoms with Gasteiger partial charge in [-0.25, -0.2) is 10.2 Å². The van der Waals surface area contributed by atoms with Crippen molar-refractivity contribution >= 4 is 17.4 Å². The molecule has 5 aliphatic rings. The van der Waals surface area contributed by atoms with E-state index in [1.807, 2.05) is 17.1 Å². The summed E-state index contributed by atoms with van der Waals surface area (Å²) in [5.74, 6) is 0. The molecule has 0 bridgehead atoms. The number of rotatable bonds is 3. The van der Waals surface area contributed by atoms with E-state index in [1.165, 1.54) is 16.8 Å². The van der Waals surface area contributed by atoms with Crippen LogP contribution in [0.3, 0.4) is 0 Å². The molecule has 0 saturated carbocycles. The van der Waals surface area contributed by atoms with Gasteiger partial charge in [-0.15, -0.1) is 0 Å². The first-order valence-electron chi connectivity index (χ1n) is 13.8. The van der Waals surface area contributed by atoms with Crippen LogP contribution in [0.4, 0.5) is 10.5 Å². The largest absolute Gasteiger partial charge is 0.381 e. The highest BCUT2D eigenvalue weighted by Gasteiger charge is 2.50. The van der Waals surface area contributed by atoms with Crippen molar-refractivity contribution in [3.05, 3.63) is 58.3 Å². The van der Waals surface area contributed by atoms with Gasteiger partial charge in [-0.1, -0.05) is 12.2 Å².